The van der Waals surface area contributed by atoms with Crippen LogP contribution in [-0.2, 0) is 5.33 Å². The Morgan fingerprint density at radius 1 is 0.583 bits per heavy atom. The molecule has 1 aromatic heterocycles. The van der Waals surface area contributed by atoms with Crippen LogP contribution in [-0.4, -0.2) is 9.97 Å². The van der Waals surface area contributed by atoms with E-state index < -0.39 is 0 Å². The number of aromatic nitrogens is 2. The number of hydrogen-bond donors (Lipinski definition) is 0. The van der Waals surface area contributed by atoms with E-state index in [1.54, 1.807) is 0 Å². The number of para-hydroxylation sites is 2. The second-order valence-corrected chi connectivity index (χ2v) is 6.17. The lowest BCUT2D eigenvalue weighted by atomic mass is 10.0. The molecule has 0 aliphatic carbocycles. The summed E-state index contributed by atoms with van der Waals surface area (Å²) < 4.78 is 0. The van der Waals surface area contributed by atoms with Gasteiger partial charge in [-0.3, -0.25) is 0 Å². The van der Waals surface area contributed by atoms with Crippen LogP contribution in [0.25, 0.3) is 33.5 Å². The van der Waals surface area contributed by atoms with Gasteiger partial charge in [0.1, 0.15) is 0 Å². The minimum Gasteiger partial charge on any atom is -0.244 e. The molecule has 0 fully saturated rings. The number of halogens is 1. The zero-order valence-corrected chi connectivity index (χ0v) is 14.6. The van der Waals surface area contributed by atoms with Crippen LogP contribution in [0.15, 0.2) is 78.9 Å². The van der Waals surface area contributed by atoms with Crippen LogP contribution in [0.1, 0.15) is 5.56 Å². The summed E-state index contributed by atoms with van der Waals surface area (Å²) >= 11 is 3.49. The Bertz CT molecular complexity index is 980. The standard InChI is InChI=1S/C21H15BrN2/c22-14-15-10-12-17(13-11-15)21-20(16-6-2-1-3-7-16)23-18-8-4-5-9-19(18)24-21/h1-13H,14H2. The Balaban J connectivity index is 1.97. The van der Waals surface area contributed by atoms with Gasteiger partial charge in [0.15, 0.2) is 0 Å². The van der Waals surface area contributed by atoms with Gasteiger partial charge in [-0.05, 0) is 17.7 Å². The van der Waals surface area contributed by atoms with Crippen LogP contribution in [0.5, 0.6) is 0 Å². The van der Waals surface area contributed by atoms with Crippen molar-refractivity contribution >= 4 is 27.0 Å². The molecule has 3 heteroatoms. The predicted molar refractivity (Wildman–Crippen MR) is 103 cm³/mol. The minimum absolute atomic E-state index is 0.849. The van der Waals surface area contributed by atoms with Gasteiger partial charge in [0.2, 0.25) is 0 Å². The van der Waals surface area contributed by atoms with E-state index in [1.807, 2.05) is 42.5 Å². The van der Waals surface area contributed by atoms with Gasteiger partial charge in [0.05, 0.1) is 22.4 Å². The first-order valence-electron chi connectivity index (χ1n) is 7.82. The summed E-state index contributed by atoms with van der Waals surface area (Å²) in [5, 5.41) is 0.849. The van der Waals surface area contributed by atoms with Gasteiger partial charge >= 0.3 is 0 Å². The van der Waals surface area contributed by atoms with Crippen molar-refractivity contribution in [2.45, 2.75) is 5.33 Å². The normalized spacial score (nSPS) is 10.9. The molecule has 24 heavy (non-hydrogen) atoms. The van der Waals surface area contributed by atoms with Gasteiger partial charge in [-0.1, -0.05) is 82.7 Å². The fourth-order valence-corrected chi connectivity index (χ4v) is 3.12. The SMILES string of the molecule is BrCc1ccc(-c2nc3ccccc3nc2-c2ccccc2)cc1. The zero-order valence-electron chi connectivity index (χ0n) is 13.0. The molecule has 0 unspecified atom stereocenters. The van der Waals surface area contributed by atoms with Crippen LogP contribution < -0.4 is 0 Å². The Morgan fingerprint density at radius 3 is 1.62 bits per heavy atom. The summed E-state index contributed by atoms with van der Waals surface area (Å²) in [6.45, 7) is 0. The van der Waals surface area contributed by atoms with Crippen molar-refractivity contribution in [2.24, 2.45) is 0 Å². The Kier molecular flexibility index (Phi) is 4.09. The summed E-state index contributed by atoms with van der Waals surface area (Å²) in [5.41, 5.74) is 7.07. The number of rotatable bonds is 3. The second-order valence-electron chi connectivity index (χ2n) is 5.61. The van der Waals surface area contributed by atoms with Crippen LogP contribution in [0.2, 0.25) is 0 Å². The number of fused-ring (bicyclic) bond motifs is 1. The van der Waals surface area contributed by atoms with Gasteiger partial charge in [-0.2, -0.15) is 0 Å². The number of hydrogen-bond acceptors (Lipinski definition) is 2. The van der Waals surface area contributed by atoms with E-state index in [2.05, 4.69) is 52.3 Å². The highest BCUT2D eigenvalue weighted by Gasteiger charge is 2.12. The third-order valence-electron chi connectivity index (χ3n) is 4.00. The predicted octanol–water partition coefficient (Wildman–Crippen LogP) is 5.86. The maximum absolute atomic E-state index is 4.90. The van der Waals surface area contributed by atoms with E-state index in [-0.39, 0.29) is 0 Å². The summed E-state index contributed by atoms with van der Waals surface area (Å²) in [5.74, 6) is 0. The van der Waals surface area contributed by atoms with Crippen molar-refractivity contribution < 1.29 is 0 Å². The van der Waals surface area contributed by atoms with Gasteiger partial charge < -0.3 is 0 Å². The Labute approximate surface area is 149 Å². The van der Waals surface area contributed by atoms with E-state index in [9.17, 15) is 0 Å². The number of alkyl halides is 1. The van der Waals surface area contributed by atoms with Crippen LogP contribution in [0, 0.1) is 0 Å². The maximum atomic E-state index is 4.90. The lowest BCUT2D eigenvalue weighted by molar-refractivity contribution is 1.29. The topological polar surface area (TPSA) is 25.8 Å². The smallest absolute Gasteiger partial charge is 0.0973 e. The molecule has 0 aliphatic heterocycles. The fraction of sp³-hybridized carbons (Fsp3) is 0.0476. The quantitative estimate of drug-likeness (QED) is 0.419. The minimum atomic E-state index is 0.849. The molecule has 0 radical (unpaired) electrons. The molecular weight excluding hydrogens is 360 g/mol. The third-order valence-corrected chi connectivity index (χ3v) is 4.65. The molecule has 0 N–H and O–H groups in total. The molecule has 0 amide bonds. The van der Waals surface area contributed by atoms with Crippen LogP contribution >= 0.6 is 15.9 Å². The molecule has 0 saturated carbocycles. The molecule has 3 aromatic carbocycles. The molecule has 2 nitrogen and oxygen atoms in total. The van der Waals surface area contributed by atoms with Gasteiger partial charge in [0, 0.05) is 16.5 Å². The van der Waals surface area contributed by atoms with Crippen molar-refractivity contribution in [3.63, 3.8) is 0 Å². The molecule has 0 bridgehead atoms. The molecule has 0 aliphatic rings. The maximum Gasteiger partial charge on any atom is 0.0973 e. The van der Waals surface area contributed by atoms with Gasteiger partial charge in [-0.25, -0.2) is 9.97 Å². The first-order valence-corrected chi connectivity index (χ1v) is 8.95. The molecular formula is C21H15BrN2. The van der Waals surface area contributed by atoms with Crippen molar-refractivity contribution in [1.29, 1.82) is 0 Å². The van der Waals surface area contributed by atoms with Gasteiger partial charge in [0.25, 0.3) is 0 Å². The molecule has 116 valence electrons. The molecule has 0 atom stereocenters. The average Bonchev–Trinajstić information content (AvgIpc) is 2.68. The zero-order chi connectivity index (χ0) is 16.4. The summed E-state index contributed by atoms with van der Waals surface area (Å²) in [6.07, 6.45) is 0. The molecule has 0 saturated heterocycles. The molecule has 4 rings (SSSR count). The van der Waals surface area contributed by atoms with E-state index in [4.69, 9.17) is 9.97 Å². The first-order chi connectivity index (χ1) is 11.8. The van der Waals surface area contributed by atoms with Gasteiger partial charge in [-0.15, -0.1) is 0 Å². The summed E-state index contributed by atoms with van der Waals surface area (Å²) in [4.78, 5) is 9.80. The molecule has 4 aromatic rings. The lowest BCUT2D eigenvalue weighted by Gasteiger charge is -2.11. The van der Waals surface area contributed by atoms with Crippen LogP contribution in [0.4, 0.5) is 0 Å². The van der Waals surface area contributed by atoms with Crippen molar-refractivity contribution in [1.82, 2.24) is 9.97 Å². The highest BCUT2D eigenvalue weighted by Crippen LogP contribution is 2.31. The first kappa shape index (κ1) is 15.0. The van der Waals surface area contributed by atoms with E-state index in [1.165, 1.54) is 5.56 Å². The van der Waals surface area contributed by atoms with Crippen molar-refractivity contribution in [3.8, 4) is 22.5 Å². The van der Waals surface area contributed by atoms with Crippen LogP contribution in [0.3, 0.4) is 0 Å². The Hall–Kier alpha value is -2.52. The molecule has 1 heterocycles. The average molecular weight is 375 g/mol. The van der Waals surface area contributed by atoms with Crippen molar-refractivity contribution in [3.05, 3.63) is 84.4 Å². The fourth-order valence-electron chi connectivity index (χ4n) is 2.75. The third kappa shape index (κ3) is 2.83. The van der Waals surface area contributed by atoms with E-state index in [0.717, 1.165) is 38.9 Å². The van der Waals surface area contributed by atoms with Crippen molar-refractivity contribution in [2.75, 3.05) is 0 Å². The number of benzene rings is 3. The van der Waals surface area contributed by atoms with E-state index in [0.29, 0.717) is 0 Å². The Morgan fingerprint density at radius 2 is 1.08 bits per heavy atom. The lowest BCUT2D eigenvalue weighted by Crippen LogP contribution is -1.95. The largest absolute Gasteiger partial charge is 0.244 e. The highest BCUT2D eigenvalue weighted by molar-refractivity contribution is 9.08. The monoisotopic (exact) mass is 374 g/mol. The summed E-state index contributed by atoms with van der Waals surface area (Å²) in [7, 11) is 0. The highest BCUT2D eigenvalue weighted by atomic mass is 79.9. The number of nitrogens with zero attached hydrogens (tertiary/aromatic N) is 2. The summed E-state index contributed by atoms with van der Waals surface area (Å²) in [6, 6.07) is 26.7. The second kappa shape index (κ2) is 6.54. The van der Waals surface area contributed by atoms with E-state index >= 15 is 0 Å². The molecule has 0 spiro atoms.